The van der Waals surface area contributed by atoms with E-state index in [0.29, 0.717) is 41.8 Å². The van der Waals surface area contributed by atoms with Crippen LogP contribution in [0, 0.1) is 6.92 Å². The first kappa shape index (κ1) is 22.0. The maximum atomic E-state index is 12.6. The number of aromatic nitrogens is 5. The van der Waals surface area contributed by atoms with E-state index in [1.165, 1.54) is 4.68 Å². The summed E-state index contributed by atoms with van der Waals surface area (Å²) < 4.78 is 12.2. The number of esters is 1. The highest BCUT2D eigenvalue weighted by Gasteiger charge is 2.22. The van der Waals surface area contributed by atoms with Crippen LogP contribution in [0.2, 0.25) is 10.2 Å². The third kappa shape index (κ3) is 4.98. The summed E-state index contributed by atoms with van der Waals surface area (Å²) in [5.41, 5.74) is 2.36. The molecule has 0 radical (unpaired) electrons. The highest BCUT2D eigenvalue weighted by molar-refractivity contribution is 6.33. The lowest BCUT2D eigenvalue weighted by atomic mass is 10.2. The predicted octanol–water partition coefficient (Wildman–Crippen LogP) is 4.78. The summed E-state index contributed by atoms with van der Waals surface area (Å²) in [7, 11) is 0. The molecule has 0 aliphatic heterocycles. The second-order valence-corrected chi connectivity index (χ2v) is 7.76. The third-order valence-corrected chi connectivity index (χ3v) is 5.46. The van der Waals surface area contributed by atoms with Crippen molar-refractivity contribution in [2.45, 2.75) is 26.3 Å². The molecule has 0 aliphatic rings. The van der Waals surface area contributed by atoms with Crippen LogP contribution in [0.15, 0.2) is 53.3 Å². The van der Waals surface area contributed by atoms with Gasteiger partial charge >= 0.3 is 5.97 Å². The average Bonchev–Trinajstić information content (AvgIpc) is 3.38. The van der Waals surface area contributed by atoms with Gasteiger partial charge < -0.3 is 9.26 Å². The lowest BCUT2D eigenvalue weighted by Gasteiger charge is -2.06. The van der Waals surface area contributed by atoms with Crippen molar-refractivity contribution in [1.82, 2.24) is 24.9 Å². The molecule has 0 N–H and O–H groups in total. The minimum Gasteiger partial charge on any atom is -0.462 e. The van der Waals surface area contributed by atoms with Crippen LogP contribution in [0.4, 0.5) is 0 Å². The van der Waals surface area contributed by atoms with Crippen LogP contribution in [0.3, 0.4) is 0 Å². The molecule has 10 heteroatoms. The Morgan fingerprint density at radius 1 is 1.19 bits per heavy atom. The molecule has 8 nitrogen and oxygen atoms in total. The molecule has 0 amide bonds. The first-order valence-electron chi connectivity index (χ1n) is 9.89. The van der Waals surface area contributed by atoms with E-state index in [0.717, 1.165) is 11.1 Å². The van der Waals surface area contributed by atoms with Gasteiger partial charge in [-0.25, -0.2) is 9.48 Å². The second-order valence-electron chi connectivity index (χ2n) is 6.99. The molecule has 0 saturated carbocycles. The van der Waals surface area contributed by atoms with Crippen molar-refractivity contribution in [3.63, 3.8) is 0 Å². The van der Waals surface area contributed by atoms with Gasteiger partial charge in [-0.15, -0.1) is 0 Å². The van der Waals surface area contributed by atoms with Crippen LogP contribution in [0.25, 0.3) is 11.4 Å². The van der Waals surface area contributed by atoms with Gasteiger partial charge in [0.05, 0.1) is 18.8 Å². The standard InChI is InChI=1S/C22H19Cl2N5O3/c1-14-19(20(24)29(27-14)13-16-6-2-3-8-17(16)23)22(30)31-11-5-9-18-26-21(28-32-18)15-7-4-10-25-12-15/h2-4,6-8,10,12H,5,9,11,13H2,1H3. The Balaban J connectivity index is 1.32. The zero-order valence-corrected chi connectivity index (χ0v) is 18.7. The molecule has 32 heavy (non-hydrogen) atoms. The van der Waals surface area contributed by atoms with E-state index in [2.05, 4.69) is 20.2 Å². The molecule has 4 rings (SSSR count). The number of ether oxygens (including phenoxy) is 1. The molecular weight excluding hydrogens is 453 g/mol. The highest BCUT2D eigenvalue weighted by Crippen LogP contribution is 2.24. The van der Waals surface area contributed by atoms with Gasteiger partial charge in [0.25, 0.3) is 0 Å². The number of pyridine rings is 1. The first-order chi connectivity index (χ1) is 15.5. The number of carbonyl (C=O) groups is 1. The van der Waals surface area contributed by atoms with Crippen molar-refractivity contribution in [3.8, 4) is 11.4 Å². The number of hydrogen-bond donors (Lipinski definition) is 0. The maximum Gasteiger partial charge on any atom is 0.343 e. The van der Waals surface area contributed by atoms with Crippen LogP contribution in [-0.2, 0) is 17.7 Å². The van der Waals surface area contributed by atoms with Crippen molar-refractivity contribution in [3.05, 3.63) is 81.7 Å². The van der Waals surface area contributed by atoms with E-state index in [1.807, 2.05) is 24.3 Å². The molecule has 0 saturated heterocycles. The molecule has 0 spiro atoms. The fraction of sp³-hybridized carbons (Fsp3) is 0.227. The number of nitrogens with zero attached hydrogens (tertiary/aromatic N) is 5. The van der Waals surface area contributed by atoms with Crippen LogP contribution in [-0.4, -0.2) is 37.5 Å². The third-order valence-electron chi connectivity index (χ3n) is 4.70. The topological polar surface area (TPSA) is 95.9 Å². The molecule has 164 valence electrons. The van der Waals surface area contributed by atoms with Crippen molar-refractivity contribution in [2.75, 3.05) is 6.61 Å². The summed E-state index contributed by atoms with van der Waals surface area (Å²) in [6, 6.07) is 11.0. The Kier molecular flexibility index (Phi) is 6.82. The van der Waals surface area contributed by atoms with E-state index >= 15 is 0 Å². The minimum atomic E-state index is -0.528. The molecule has 0 unspecified atom stereocenters. The first-order valence-corrected chi connectivity index (χ1v) is 10.6. The molecular formula is C22H19Cl2N5O3. The lowest BCUT2D eigenvalue weighted by Crippen LogP contribution is -2.09. The monoisotopic (exact) mass is 471 g/mol. The normalized spacial score (nSPS) is 11.0. The highest BCUT2D eigenvalue weighted by atomic mass is 35.5. The Labute approximate surface area is 194 Å². The Bertz CT molecular complexity index is 1220. The summed E-state index contributed by atoms with van der Waals surface area (Å²) in [5, 5.41) is 9.12. The van der Waals surface area contributed by atoms with Gasteiger partial charge in [-0.1, -0.05) is 46.6 Å². The van der Waals surface area contributed by atoms with E-state index in [-0.39, 0.29) is 17.3 Å². The number of rotatable bonds is 8. The van der Waals surface area contributed by atoms with Crippen molar-refractivity contribution >= 4 is 29.2 Å². The Hall–Kier alpha value is -3.23. The fourth-order valence-corrected chi connectivity index (χ4v) is 3.61. The molecule has 0 bridgehead atoms. The second kappa shape index (κ2) is 9.93. The van der Waals surface area contributed by atoms with Crippen molar-refractivity contribution in [2.24, 2.45) is 0 Å². The van der Waals surface area contributed by atoms with Gasteiger partial charge in [0.1, 0.15) is 10.7 Å². The quantitative estimate of drug-likeness (QED) is 0.269. The Morgan fingerprint density at radius 3 is 2.81 bits per heavy atom. The number of benzene rings is 1. The van der Waals surface area contributed by atoms with E-state index in [9.17, 15) is 4.79 Å². The van der Waals surface area contributed by atoms with E-state index in [1.54, 1.807) is 31.5 Å². The lowest BCUT2D eigenvalue weighted by molar-refractivity contribution is 0.0497. The number of hydrogen-bond acceptors (Lipinski definition) is 7. The van der Waals surface area contributed by atoms with Crippen molar-refractivity contribution in [1.29, 1.82) is 0 Å². The SMILES string of the molecule is Cc1nn(Cc2ccccc2Cl)c(Cl)c1C(=O)OCCCc1nc(-c2cccnc2)no1. The van der Waals surface area contributed by atoms with E-state index in [4.69, 9.17) is 32.5 Å². The largest absolute Gasteiger partial charge is 0.462 e. The van der Waals surface area contributed by atoms with Crippen LogP contribution in [0.1, 0.15) is 33.9 Å². The van der Waals surface area contributed by atoms with Gasteiger partial charge in [0.15, 0.2) is 0 Å². The van der Waals surface area contributed by atoms with Gasteiger partial charge in [0, 0.05) is 29.4 Å². The van der Waals surface area contributed by atoms with Crippen LogP contribution >= 0.6 is 23.2 Å². The molecule has 0 atom stereocenters. The van der Waals surface area contributed by atoms with Gasteiger partial charge in [-0.2, -0.15) is 10.1 Å². The van der Waals surface area contributed by atoms with E-state index < -0.39 is 5.97 Å². The number of carbonyl (C=O) groups excluding carboxylic acids is 1. The minimum absolute atomic E-state index is 0.175. The molecule has 4 aromatic rings. The van der Waals surface area contributed by atoms with Gasteiger partial charge in [0.2, 0.25) is 11.7 Å². The summed E-state index contributed by atoms with van der Waals surface area (Å²) in [6.07, 6.45) is 4.33. The smallest absolute Gasteiger partial charge is 0.343 e. The summed E-state index contributed by atoms with van der Waals surface area (Å²) in [4.78, 5) is 20.9. The average molecular weight is 472 g/mol. The zero-order chi connectivity index (χ0) is 22.5. The zero-order valence-electron chi connectivity index (χ0n) is 17.2. The number of aryl methyl sites for hydroxylation is 2. The van der Waals surface area contributed by atoms with Crippen LogP contribution < -0.4 is 0 Å². The molecule has 0 aliphatic carbocycles. The van der Waals surface area contributed by atoms with Gasteiger partial charge in [-0.3, -0.25) is 4.98 Å². The van der Waals surface area contributed by atoms with Gasteiger partial charge in [-0.05, 0) is 37.1 Å². The summed E-state index contributed by atoms with van der Waals surface area (Å²) in [5.74, 6) is 0.402. The Morgan fingerprint density at radius 2 is 2.03 bits per heavy atom. The van der Waals surface area contributed by atoms with Crippen molar-refractivity contribution < 1.29 is 14.1 Å². The number of halogens is 2. The van der Waals surface area contributed by atoms with Crippen LogP contribution in [0.5, 0.6) is 0 Å². The molecule has 0 fully saturated rings. The summed E-state index contributed by atoms with van der Waals surface area (Å²) in [6.45, 7) is 2.24. The summed E-state index contributed by atoms with van der Waals surface area (Å²) >= 11 is 12.6. The maximum absolute atomic E-state index is 12.6. The fourth-order valence-electron chi connectivity index (χ4n) is 3.11. The molecule has 1 aromatic carbocycles. The molecule has 3 aromatic heterocycles. The predicted molar refractivity (Wildman–Crippen MR) is 119 cm³/mol. The molecule has 3 heterocycles.